The van der Waals surface area contributed by atoms with Crippen molar-refractivity contribution in [2.45, 2.75) is 85.9 Å². The molecule has 0 heterocycles. The minimum absolute atomic E-state index is 0.0508. The van der Waals surface area contributed by atoms with E-state index in [9.17, 15) is 0 Å². The molecular formula is C15H34O2. The molecule has 0 spiro atoms. The van der Waals surface area contributed by atoms with Gasteiger partial charge in [0.1, 0.15) is 0 Å². The Morgan fingerprint density at radius 2 is 1.06 bits per heavy atom. The minimum Gasteiger partial charge on any atom is -0.376 e. The third-order valence-corrected chi connectivity index (χ3v) is 1.77. The van der Waals surface area contributed by atoms with Crippen LogP contribution >= 0.6 is 0 Å². The Morgan fingerprint density at radius 1 is 0.647 bits per heavy atom. The summed E-state index contributed by atoms with van der Waals surface area (Å²) in [5.74, 6) is 0. The summed E-state index contributed by atoms with van der Waals surface area (Å²) in [4.78, 5) is 0. The SMILES string of the molecule is CCCCOC(C)(C)C.CCCOC(C)(C)C. The topological polar surface area (TPSA) is 18.5 Å². The van der Waals surface area contributed by atoms with Crippen molar-refractivity contribution in [2.75, 3.05) is 13.2 Å². The zero-order chi connectivity index (χ0) is 13.9. The summed E-state index contributed by atoms with van der Waals surface area (Å²) in [5, 5.41) is 0. The van der Waals surface area contributed by atoms with Crippen molar-refractivity contribution in [1.82, 2.24) is 0 Å². The van der Waals surface area contributed by atoms with Gasteiger partial charge in [-0.15, -0.1) is 0 Å². The Kier molecular flexibility index (Phi) is 11.2. The lowest BCUT2D eigenvalue weighted by molar-refractivity contribution is -0.00422. The molecule has 0 aliphatic heterocycles. The van der Waals surface area contributed by atoms with E-state index in [1.165, 1.54) is 12.8 Å². The predicted molar refractivity (Wildman–Crippen MR) is 76.6 cm³/mol. The molecule has 106 valence electrons. The summed E-state index contributed by atoms with van der Waals surface area (Å²) in [6.45, 7) is 18.5. The number of hydrogen-bond donors (Lipinski definition) is 0. The second kappa shape index (κ2) is 9.90. The molecule has 2 heteroatoms. The number of ether oxygens (including phenoxy) is 2. The van der Waals surface area contributed by atoms with E-state index in [0.29, 0.717) is 0 Å². The summed E-state index contributed by atoms with van der Waals surface area (Å²) in [6, 6.07) is 0. The monoisotopic (exact) mass is 246 g/mol. The maximum Gasteiger partial charge on any atom is 0.0598 e. The van der Waals surface area contributed by atoms with E-state index in [4.69, 9.17) is 9.47 Å². The molecule has 0 amide bonds. The highest BCUT2D eigenvalue weighted by Gasteiger charge is 2.08. The molecule has 0 saturated heterocycles. The van der Waals surface area contributed by atoms with E-state index in [2.05, 4.69) is 55.4 Å². The molecule has 0 rings (SSSR count). The van der Waals surface area contributed by atoms with Crippen molar-refractivity contribution in [2.24, 2.45) is 0 Å². The van der Waals surface area contributed by atoms with Crippen LogP contribution in [0.25, 0.3) is 0 Å². The van der Waals surface area contributed by atoms with Crippen molar-refractivity contribution in [3.8, 4) is 0 Å². The Bertz CT molecular complexity index is 151. The van der Waals surface area contributed by atoms with E-state index < -0.39 is 0 Å². The van der Waals surface area contributed by atoms with E-state index in [0.717, 1.165) is 19.6 Å². The first-order valence-electron chi connectivity index (χ1n) is 6.90. The van der Waals surface area contributed by atoms with Crippen molar-refractivity contribution < 1.29 is 9.47 Å². The zero-order valence-corrected chi connectivity index (χ0v) is 13.4. The molecule has 0 aromatic carbocycles. The van der Waals surface area contributed by atoms with Gasteiger partial charge in [-0.05, 0) is 54.4 Å². The summed E-state index contributed by atoms with van der Waals surface area (Å²) in [7, 11) is 0. The number of unbranched alkanes of at least 4 members (excludes halogenated alkanes) is 1. The first kappa shape index (κ1) is 19.3. The van der Waals surface area contributed by atoms with Gasteiger partial charge in [0.25, 0.3) is 0 Å². The quantitative estimate of drug-likeness (QED) is 0.648. The van der Waals surface area contributed by atoms with Crippen LogP contribution < -0.4 is 0 Å². The molecule has 0 radical (unpaired) electrons. The maximum atomic E-state index is 5.47. The van der Waals surface area contributed by atoms with E-state index in [-0.39, 0.29) is 11.2 Å². The van der Waals surface area contributed by atoms with Gasteiger partial charge in [0.05, 0.1) is 11.2 Å². The van der Waals surface area contributed by atoms with Crippen LogP contribution in [0, 0.1) is 0 Å². The summed E-state index contributed by atoms with van der Waals surface area (Å²) in [5.41, 5.74) is 0.102. The van der Waals surface area contributed by atoms with Crippen LogP contribution in [0.15, 0.2) is 0 Å². The molecular weight excluding hydrogens is 212 g/mol. The van der Waals surface area contributed by atoms with Crippen LogP contribution in [-0.4, -0.2) is 24.4 Å². The fourth-order valence-corrected chi connectivity index (χ4v) is 0.931. The normalized spacial score (nSPS) is 12.0. The smallest absolute Gasteiger partial charge is 0.0598 e. The van der Waals surface area contributed by atoms with Crippen LogP contribution in [0.5, 0.6) is 0 Å². The lowest BCUT2D eigenvalue weighted by atomic mass is 10.2. The first-order valence-corrected chi connectivity index (χ1v) is 6.90. The van der Waals surface area contributed by atoms with Gasteiger partial charge in [0.2, 0.25) is 0 Å². The average molecular weight is 246 g/mol. The van der Waals surface area contributed by atoms with Gasteiger partial charge in [-0.3, -0.25) is 0 Å². The van der Waals surface area contributed by atoms with Gasteiger partial charge in [-0.1, -0.05) is 20.3 Å². The van der Waals surface area contributed by atoms with Crippen molar-refractivity contribution >= 4 is 0 Å². The fraction of sp³-hybridized carbons (Fsp3) is 1.00. The van der Waals surface area contributed by atoms with Crippen LogP contribution in [0.4, 0.5) is 0 Å². The Morgan fingerprint density at radius 3 is 1.29 bits per heavy atom. The van der Waals surface area contributed by atoms with Crippen molar-refractivity contribution in [1.29, 1.82) is 0 Å². The second-order valence-electron chi connectivity index (χ2n) is 6.28. The Balaban J connectivity index is 0. The third-order valence-electron chi connectivity index (χ3n) is 1.77. The molecule has 0 aliphatic rings. The number of hydrogen-bond acceptors (Lipinski definition) is 2. The van der Waals surface area contributed by atoms with Crippen LogP contribution in [0.2, 0.25) is 0 Å². The van der Waals surface area contributed by atoms with Crippen molar-refractivity contribution in [3.63, 3.8) is 0 Å². The van der Waals surface area contributed by atoms with Crippen LogP contribution in [-0.2, 0) is 9.47 Å². The van der Waals surface area contributed by atoms with Crippen molar-refractivity contribution in [3.05, 3.63) is 0 Å². The average Bonchev–Trinajstić information content (AvgIpc) is 2.13. The predicted octanol–water partition coefficient (Wildman–Crippen LogP) is 4.81. The van der Waals surface area contributed by atoms with Crippen LogP contribution in [0.3, 0.4) is 0 Å². The highest BCUT2D eigenvalue weighted by atomic mass is 16.5. The highest BCUT2D eigenvalue weighted by molar-refractivity contribution is 4.58. The maximum absolute atomic E-state index is 5.47. The zero-order valence-electron chi connectivity index (χ0n) is 13.4. The summed E-state index contributed by atoms with van der Waals surface area (Å²) < 4.78 is 10.8. The molecule has 0 atom stereocenters. The molecule has 0 N–H and O–H groups in total. The van der Waals surface area contributed by atoms with E-state index in [1.54, 1.807) is 0 Å². The standard InChI is InChI=1S/C8H18O.C7H16O/c1-5-6-7-9-8(2,3)4;1-5-6-8-7(2,3)4/h5-7H2,1-4H3;5-6H2,1-4H3. The molecule has 17 heavy (non-hydrogen) atoms. The largest absolute Gasteiger partial charge is 0.376 e. The Hall–Kier alpha value is -0.0800. The first-order chi connectivity index (χ1) is 7.62. The number of rotatable bonds is 5. The van der Waals surface area contributed by atoms with Crippen LogP contribution in [0.1, 0.15) is 74.7 Å². The van der Waals surface area contributed by atoms with Gasteiger partial charge >= 0.3 is 0 Å². The van der Waals surface area contributed by atoms with Gasteiger partial charge in [0, 0.05) is 13.2 Å². The molecule has 0 aromatic rings. The Labute approximate surface area is 109 Å². The van der Waals surface area contributed by atoms with Gasteiger partial charge in [0.15, 0.2) is 0 Å². The van der Waals surface area contributed by atoms with E-state index >= 15 is 0 Å². The second-order valence-corrected chi connectivity index (χ2v) is 6.28. The minimum atomic E-state index is 0.0508. The third kappa shape index (κ3) is 25.9. The molecule has 0 unspecified atom stereocenters. The summed E-state index contributed by atoms with van der Waals surface area (Å²) in [6.07, 6.45) is 3.50. The van der Waals surface area contributed by atoms with E-state index in [1.807, 2.05) is 0 Å². The molecule has 0 fully saturated rings. The fourth-order valence-electron chi connectivity index (χ4n) is 0.931. The van der Waals surface area contributed by atoms with Gasteiger partial charge < -0.3 is 9.47 Å². The molecule has 0 aliphatic carbocycles. The van der Waals surface area contributed by atoms with Gasteiger partial charge in [-0.2, -0.15) is 0 Å². The lowest BCUT2D eigenvalue weighted by Crippen LogP contribution is -2.19. The van der Waals surface area contributed by atoms with Gasteiger partial charge in [-0.25, -0.2) is 0 Å². The lowest BCUT2D eigenvalue weighted by Gasteiger charge is -2.18. The highest BCUT2D eigenvalue weighted by Crippen LogP contribution is 2.07. The molecule has 2 nitrogen and oxygen atoms in total. The molecule has 0 saturated carbocycles. The molecule has 0 aromatic heterocycles. The molecule has 0 bridgehead atoms. The summed E-state index contributed by atoms with van der Waals surface area (Å²) >= 11 is 0.